The van der Waals surface area contributed by atoms with Gasteiger partial charge in [0.15, 0.2) is 0 Å². The number of para-hydroxylation sites is 1. The number of rotatable bonds is 3. The average molecular weight is 220 g/mol. The predicted molar refractivity (Wildman–Crippen MR) is 62.2 cm³/mol. The van der Waals surface area contributed by atoms with Crippen LogP contribution in [0, 0.1) is 0 Å². The molecule has 4 nitrogen and oxygen atoms in total. The maximum Gasteiger partial charge on any atom is 0.209 e. The summed E-state index contributed by atoms with van der Waals surface area (Å²) in [7, 11) is 0. The molecular formula is C10H12N4S. The quantitative estimate of drug-likeness (QED) is 0.833. The van der Waals surface area contributed by atoms with E-state index in [1.54, 1.807) is 5.51 Å². The van der Waals surface area contributed by atoms with Gasteiger partial charge in [0.1, 0.15) is 5.51 Å². The molecule has 1 unspecified atom stereocenters. The van der Waals surface area contributed by atoms with E-state index in [-0.39, 0.29) is 6.04 Å². The van der Waals surface area contributed by atoms with E-state index >= 15 is 0 Å². The second-order valence-electron chi connectivity index (χ2n) is 3.24. The number of anilines is 2. The zero-order chi connectivity index (χ0) is 10.7. The van der Waals surface area contributed by atoms with Crippen molar-refractivity contribution in [3.8, 4) is 0 Å². The van der Waals surface area contributed by atoms with Crippen LogP contribution >= 0.6 is 11.3 Å². The largest absolute Gasteiger partial charge is 0.330 e. The highest BCUT2D eigenvalue weighted by Crippen LogP contribution is 2.24. The number of aromatic nitrogens is 2. The van der Waals surface area contributed by atoms with Crippen molar-refractivity contribution in [3.05, 3.63) is 35.3 Å². The number of benzene rings is 1. The van der Waals surface area contributed by atoms with Crippen LogP contribution in [0.1, 0.15) is 18.5 Å². The van der Waals surface area contributed by atoms with Crippen LogP contribution in [0.3, 0.4) is 0 Å². The molecule has 2 aromatic rings. The molecule has 1 atom stereocenters. The van der Waals surface area contributed by atoms with Crippen LogP contribution in [0.4, 0.5) is 10.8 Å². The van der Waals surface area contributed by atoms with Gasteiger partial charge in [-0.2, -0.15) is 0 Å². The van der Waals surface area contributed by atoms with E-state index in [1.165, 1.54) is 11.3 Å². The third-order valence-electron chi connectivity index (χ3n) is 2.05. The fourth-order valence-electron chi connectivity index (χ4n) is 1.35. The van der Waals surface area contributed by atoms with Gasteiger partial charge in [0, 0.05) is 11.7 Å². The summed E-state index contributed by atoms with van der Waals surface area (Å²) < 4.78 is 0. The third kappa shape index (κ3) is 2.31. The van der Waals surface area contributed by atoms with Gasteiger partial charge in [0.25, 0.3) is 0 Å². The fourth-order valence-corrected chi connectivity index (χ4v) is 1.81. The van der Waals surface area contributed by atoms with Gasteiger partial charge >= 0.3 is 0 Å². The highest BCUT2D eigenvalue weighted by molar-refractivity contribution is 7.13. The second kappa shape index (κ2) is 4.37. The Hall–Kier alpha value is -1.46. The first kappa shape index (κ1) is 10.1. The van der Waals surface area contributed by atoms with Gasteiger partial charge in [0.2, 0.25) is 5.13 Å². The summed E-state index contributed by atoms with van der Waals surface area (Å²) in [6.45, 7) is 1.96. The number of hydrogen-bond donors (Lipinski definition) is 2. The molecular weight excluding hydrogens is 208 g/mol. The predicted octanol–water partition coefficient (Wildman–Crippen LogP) is 2.30. The molecule has 0 fully saturated rings. The summed E-state index contributed by atoms with van der Waals surface area (Å²) in [4.78, 5) is 0. The van der Waals surface area contributed by atoms with E-state index in [4.69, 9.17) is 5.73 Å². The van der Waals surface area contributed by atoms with Crippen LogP contribution in [0.2, 0.25) is 0 Å². The van der Waals surface area contributed by atoms with Gasteiger partial charge in [0.05, 0.1) is 0 Å². The lowest BCUT2D eigenvalue weighted by Gasteiger charge is -2.12. The molecule has 0 aliphatic carbocycles. The Kier molecular flexibility index (Phi) is 2.94. The zero-order valence-electron chi connectivity index (χ0n) is 8.34. The van der Waals surface area contributed by atoms with E-state index in [0.717, 1.165) is 16.4 Å². The first-order valence-corrected chi connectivity index (χ1v) is 5.53. The Bertz CT molecular complexity index is 425. The molecule has 1 heterocycles. The van der Waals surface area contributed by atoms with Gasteiger partial charge < -0.3 is 11.1 Å². The van der Waals surface area contributed by atoms with Crippen LogP contribution < -0.4 is 11.1 Å². The topological polar surface area (TPSA) is 63.8 Å². The third-order valence-corrected chi connectivity index (χ3v) is 2.66. The highest BCUT2D eigenvalue weighted by Gasteiger charge is 2.06. The lowest BCUT2D eigenvalue weighted by molar-refractivity contribution is 0.820. The summed E-state index contributed by atoms with van der Waals surface area (Å²) in [6, 6.07) is 7.94. The molecule has 0 bridgehead atoms. The normalized spacial score (nSPS) is 12.4. The molecule has 0 saturated heterocycles. The lowest BCUT2D eigenvalue weighted by Crippen LogP contribution is -2.07. The molecule has 0 saturated carbocycles. The van der Waals surface area contributed by atoms with Gasteiger partial charge in [-0.05, 0) is 18.6 Å². The highest BCUT2D eigenvalue weighted by atomic mass is 32.1. The van der Waals surface area contributed by atoms with E-state index < -0.39 is 0 Å². The molecule has 1 aromatic heterocycles. The van der Waals surface area contributed by atoms with Crippen molar-refractivity contribution in [2.45, 2.75) is 13.0 Å². The minimum Gasteiger partial charge on any atom is -0.330 e. The molecule has 3 N–H and O–H groups in total. The minimum atomic E-state index is 0.00150. The summed E-state index contributed by atoms with van der Waals surface area (Å²) in [5, 5.41) is 11.7. The van der Waals surface area contributed by atoms with E-state index in [9.17, 15) is 0 Å². The number of nitrogens with one attached hydrogen (secondary N) is 1. The molecule has 15 heavy (non-hydrogen) atoms. The van der Waals surface area contributed by atoms with Crippen molar-refractivity contribution in [1.29, 1.82) is 0 Å². The summed E-state index contributed by atoms with van der Waals surface area (Å²) in [5.74, 6) is 0. The fraction of sp³-hybridized carbons (Fsp3) is 0.200. The Morgan fingerprint density at radius 3 is 2.87 bits per heavy atom. The molecule has 1 aromatic carbocycles. The molecule has 0 amide bonds. The summed E-state index contributed by atoms with van der Waals surface area (Å²) >= 11 is 1.46. The maximum atomic E-state index is 5.87. The molecule has 0 aliphatic rings. The van der Waals surface area contributed by atoms with Crippen LogP contribution in [0.15, 0.2) is 29.8 Å². The van der Waals surface area contributed by atoms with Gasteiger partial charge in [-0.1, -0.05) is 29.5 Å². The Labute approximate surface area is 92.2 Å². The van der Waals surface area contributed by atoms with Crippen molar-refractivity contribution < 1.29 is 0 Å². The van der Waals surface area contributed by atoms with E-state index in [1.807, 2.05) is 31.2 Å². The lowest BCUT2D eigenvalue weighted by atomic mass is 10.1. The molecule has 5 heteroatoms. The standard InChI is InChI=1S/C10H12N4S/c1-7(11)8-4-2-3-5-9(8)13-10-14-12-6-15-10/h2-7H,11H2,1H3,(H,13,14). The van der Waals surface area contributed by atoms with Crippen LogP contribution in [-0.2, 0) is 0 Å². The van der Waals surface area contributed by atoms with E-state index in [2.05, 4.69) is 15.5 Å². The van der Waals surface area contributed by atoms with Crippen LogP contribution in [0.5, 0.6) is 0 Å². The van der Waals surface area contributed by atoms with Crippen molar-refractivity contribution >= 4 is 22.2 Å². The Morgan fingerprint density at radius 1 is 1.40 bits per heavy atom. The van der Waals surface area contributed by atoms with Crippen molar-refractivity contribution in [3.63, 3.8) is 0 Å². The number of hydrogen-bond acceptors (Lipinski definition) is 5. The molecule has 0 spiro atoms. The SMILES string of the molecule is CC(N)c1ccccc1Nc1nncs1. The van der Waals surface area contributed by atoms with Crippen LogP contribution in [-0.4, -0.2) is 10.2 Å². The maximum absolute atomic E-state index is 5.87. The minimum absolute atomic E-state index is 0.00150. The van der Waals surface area contributed by atoms with Gasteiger partial charge in [-0.25, -0.2) is 0 Å². The molecule has 0 aliphatic heterocycles. The zero-order valence-corrected chi connectivity index (χ0v) is 9.16. The molecule has 2 rings (SSSR count). The Balaban J connectivity index is 2.28. The van der Waals surface area contributed by atoms with Crippen molar-refractivity contribution in [2.75, 3.05) is 5.32 Å². The molecule has 0 radical (unpaired) electrons. The van der Waals surface area contributed by atoms with Gasteiger partial charge in [-0.3, -0.25) is 0 Å². The van der Waals surface area contributed by atoms with Crippen molar-refractivity contribution in [2.24, 2.45) is 5.73 Å². The summed E-state index contributed by atoms with van der Waals surface area (Å²) in [5.41, 5.74) is 9.63. The first-order chi connectivity index (χ1) is 7.27. The Morgan fingerprint density at radius 2 is 2.20 bits per heavy atom. The first-order valence-electron chi connectivity index (χ1n) is 4.65. The van der Waals surface area contributed by atoms with E-state index in [0.29, 0.717) is 0 Å². The van der Waals surface area contributed by atoms with Crippen molar-refractivity contribution in [1.82, 2.24) is 10.2 Å². The van der Waals surface area contributed by atoms with Crippen LogP contribution in [0.25, 0.3) is 0 Å². The monoisotopic (exact) mass is 220 g/mol. The summed E-state index contributed by atoms with van der Waals surface area (Å²) in [6.07, 6.45) is 0. The van der Waals surface area contributed by atoms with Gasteiger partial charge in [-0.15, -0.1) is 10.2 Å². The average Bonchev–Trinajstić information content (AvgIpc) is 2.71. The number of nitrogens with zero attached hydrogens (tertiary/aromatic N) is 2. The smallest absolute Gasteiger partial charge is 0.209 e. The second-order valence-corrected chi connectivity index (χ2v) is 4.08. The number of nitrogens with two attached hydrogens (primary N) is 1. The molecule has 78 valence electrons.